The second kappa shape index (κ2) is 6.23. The van der Waals surface area contributed by atoms with Gasteiger partial charge in [-0.05, 0) is 24.3 Å². The zero-order valence-corrected chi connectivity index (χ0v) is 11.4. The Bertz CT molecular complexity index is 484. The summed E-state index contributed by atoms with van der Waals surface area (Å²) in [6.07, 6.45) is 1.12. The minimum Gasteiger partial charge on any atom is -0.366 e. The van der Waals surface area contributed by atoms with Crippen molar-refractivity contribution >= 4 is 43.9 Å². The van der Waals surface area contributed by atoms with Crippen LogP contribution in [0, 0.1) is 0 Å². The van der Waals surface area contributed by atoms with E-state index < -0.39 is 15.9 Å². The monoisotopic (exact) mass is 296 g/mol. The highest BCUT2D eigenvalue weighted by molar-refractivity contribution is 7.92. The highest BCUT2D eigenvalue weighted by atomic mass is 35.5. The van der Waals surface area contributed by atoms with Crippen molar-refractivity contribution in [2.45, 2.75) is 12.8 Å². The van der Waals surface area contributed by atoms with E-state index in [0.29, 0.717) is 18.7 Å². The Labute approximate surface area is 109 Å². The fourth-order valence-corrected chi connectivity index (χ4v) is 3.64. The number of nitrogens with one attached hydrogen (secondary N) is 1. The van der Waals surface area contributed by atoms with Crippen LogP contribution in [0.3, 0.4) is 0 Å². The number of halogens is 1. The number of anilines is 1. The van der Waals surface area contributed by atoms with E-state index in [-0.39, 0.29) is 16.3 Å². The number of nitrogens with two attached hydrogens (primary N) is 1. The molecule has 0 spiro atoms. The number of carbonyl (C=O) groups is 1. The van der Waals surface area contributed by atoms with Crippen LogP contribution in [0.5, 0.6) is 0 Å². The zero-order valence-electron chi connectivity index (χ0n) is 8.98. The summed E-state index contributed by atoms with van der Waals surface area (Å²) in [4.78, 5) is 11.0. The molecule has 0 aromatic carbocycles. The Kier molecular flexibility index (Phi) is 5.23. The fraction of sp³-hybridized carbons (Fsp3) is 0.444. The molecule has 1 aromatic heterocycles. The van der Waals surface area contributed by atoms with E-state index in [1.807, 2.05) is 0 Å². The summed E-state index contributed by atoms with van der Waals surface area (Å²) < 4.78 is 25.6. The summed E-state index contributed by atoms with van der Waals surface area (Å²) in [5.41, 5.74) is 5.31. The molecule has 1 heterocycles. The molecule has 96 valence electrons. The highest BCUT2D eigenvalue weighted by Gasteiger charge is 2.16. The van der Waals surface area contributed by atoms with Crippen molar-refractivity contribution in [1.29, 1.82) is 0 Å². The summed E-state index contributed by atoms with van der Waals surface area (Å²) in [7, 11) is -3.44. The van der Waals surface area contributed by atoms with E-state index >= 15 is 0 Å². The highest BCUT2D eigenvalue weighted by Crippen LogP contribution is 2.24. The van der Waals surface area contributed by atoms with Crippen LogP contribution in [-0.4, -0.2) is 26.0 Å². The van der Waals surface area contributed by atoms with Crippen molar-refractivity contribution in [2.24, 2.45) is 5.73 Å². The molecular formula is C9H13ClN2O3S2. The third kappa shape index (κ3) is 4.53. The van der Waals surface area contributed by atoms with E-state index in [0.717, 1.165) is 11.3 Å². The Morgan fingerprint density at radius 1 is 1.47 bits per heavy atom. The molecule has 5 nitrogen and oxygen atoms in total. The number of carbonyl (C=O) groups excluding carboxylic acids is 1. The largest absolute Gasteiger partial charge is 0.366 e. The molecule has 0 atom stereocenters. The van der Waals surface area contributed by atoms with Crippen molar-refractivity contribution in [2.75, 3.05) is 16.4 Å². The first-order valence-corrected chi connectivity index (χ1v) is 7.96. The number of hydrogen-bond acceptors (Lipinski definition) is 4. The Morgan fingerprint density at radius 3 is 2.76 bits per heavy atom. The van der Waals surface area contributed by atoms with E-state index in [1.54, 1.807) is 5.38 Å². The van der Waals surface area contributed by atoms with Crippen molar-refractivity contribution in [3.63, 3.8) is 0 Å². The second-order valence-corrected chi connectivity index (χ2v) is 6.48. The van der Waals surface area contributed by atoms with Gasteiger partial charge in [-0.3, -0.25) is 9.52 Å². The Hall–Kier alpha value is -0.790. The van der Waals surface area contributed by atoms with Crippen molar-refractivity contribution in [1.82, 2.24) is 0 Å². The van der Waals surface area contributed by atoms with Gasteiger partial charge in [0.1, 0.15) is 5.00 Å². The minimum atomic E-state index is -3.44. The van der Waals surface area contributed by atoms with Gasteiger partial charge >= 0.3 is 0 Å². The van der Waals surface area contributed by atoms with Gasteiger partial charge in [-0.25, -0.2) is 8.42 Å². The lowest BCUT2D eigenvalue weighted by Crippen LogP contribution is -2.19. The Balaban J connectivity index is 2.69. The van der Waals surface area contributed by atoms with Gasteiger partial charge in [0.05, 0.1) is 11.3 Å². The van der Waals surface area contributed by atoms with Crippen LogP contribution in [-0.2, 0) is 10.0 Å². The maximum Gasteiger partial charge on any atom is 0.251 e. The van der Waals surface area contributed by atoms with Gasteiger partial charge < -0.3 is 5.73 Å². The molecule has 17 heavy (non-hydrogen) atoms. The molecule has 1 amide bonds. The van der Waals surface area contributed by atoms with Gasteiger partial charge in [0.15, 0.2) is 0 Å². The summed E-state index contributed by atoms with van der Waals surface area (Å²) in [6.45, 7) is 0. The first-order valence-electron chi connectivity index (χ1n) is 4.90. The third-order valence-electron chi connectivity index (χ3n) is 1.98. The lowest BCUT2D eigenvalue weighted by atomic mass is 10.3. The van der Waals surface area contributed by atoms with E-state index in [9.17, 15) is 13.2 Å². The van der Waals surface area contributed by atoms with Gasteiger partial charge in [0.2, 0.25) is 10.0 Å². The first-order chi connectivity index (χ1) is 7.96. The molecule has 0 saturated carbocycles. The van der Waals surface area contributed by atoms with Gasteiger partial charge in [0.25, 0.3) is 5.91 Å². The molecule has 0 fully saturated rings. The molecule has 0 unspecified atom stereocenters. The topological polar surface area (TPSA) is 89.3 Å². The molecule has 0 aliphatic carbocycles. The molecule has 0 aliphatic heterocycles. The maximum atomic E-state index is 11.6. The SMILES string of the molecule is NC(=O)c1ccsc1NS(=O)(=O)CCCCCl. The quantitative estimate of drug-likeness (QED) is 0.592. The number of unbranched alkanes of at least 4 members (excludes halogenated alkanes) is 1. The molecule has 1 aromatic rings. The van der Waals surface area contributed by atoms with E-state index in [1.165, 1.54) is 6.07 Å². The van der Waals surface area contributed by atoms with Crippen molar-refractivity contribution in [3.8, 4) is 0 Å². The van der Waals surface area contributed by atoms with E-state index in [4.69, 9.17) is 17.3 Å². The van der Waals surface area contributed by atoms with Crippen molar-refractivity contribution < 1.29 is 13.2 Å². The van der Waals surface area contributed by atoms with E-state index in [2.05, 4.69) is 4.72 Å². The Morgan fingerprint density at radius 2 is 2.18 bits per heavy atom. The number of amides is 1. The lowest BCUT2D eigenvalue weighted by Gasteiger charge is -2.06. The van der Waals surface area contributed by atoms with Crippen LogP contribution in [0.15, 0.2) is 11.4 Å². The summed E-state index contributed by atoms with van der Waals surface area (Å²) in [5.74, 6) is -0.235. The van der Waals surface area contributed by atoms with Crippen LogP contribution in [0.2, 0.25) is 0 Å². The van der Waals surface area contributed by atoms with Gasteiger partial charge in [-0.15, -0.1) is 22.9 Å². The molecule has 0 radical (unpaired) electrons. The molecule has 0 saturated heterocycles. The van der Waals surface area contributed by atoms with Crippen LogP contribution < -0.4 is 10.5 Å². The lowest BCUT2D eigenvalue weighted by molar-refractivity contribution is 0.100. The molecular weight excluding hydrogens is 284 g/mol. The molecule has 8 heteroatoms. The maximum absolute atomic E-state index is 11.6. The number of rotatable bonds is 7. The van der Waals surface area contributed by atoms with Crippen molar-refractivity contribution in [3.05, 3.63) is 17.0 Å². The van der Waals surface area contributed by atoms with Crippen LogP contribution in [0.1, 0.15) is 23.2 Å². The third-order valence-corrected chi connectivity index (χ3v) is 4.54. The second-order valence-electron chi connectivity index (χ2n) is 3.34. The fourth-order valence-electron chi connectivity index (χ4n) is 1.16. The summed E-state index contributed by atoms with van der Waals surface area (Å²) in [5, 5.41) is 1.87. The molecule has 3 N–H and O–H groups in total. The van der Waals surface area contributed by atoms with Crippen LogP contribution >= 0.6 is 22.9 Å². The zero-order chi connectivity index (χ0) is 12.9. The predicted molar refractivity (Wildman–Crippen MR) is 70.2 cm³/mol. The van der Waals surface area contributed by atoms with Crippen LogP contribution in [0.25, 0.3) is 0 Å². The number of thiophene rings is 1. The average Bonchev–Trinajstić information content (AvgIpc) is 2.65. The molecule has 0 aliphatic rings. The van der Waals surface area contributed by atoms with Gasteiger partial charge in [0, 0.05) is 5.88 Å². The smallest absolute Gasteiger partial charge is 0.251 e. The average molecular weight is 297 g/mol. The summed E-state index contributed by atoms with van der Waals surface area (Å²) >= 11 is 6.59. The van der Waals surface area contributed by atoms with Crippen LogP contribution in [0.4, 0.5) is 5.00 Å². The van der Waals surface area contributed by atoms with Gasteiger partial charge in [-0.1, -0.05) is 0 Å². The minimum absolute atomic E-state index is 0.0180. The molecule has 0 bridgehead atoms. The normalized spacial score (nSPS) is 11.4. The standard InChI is InChI=1S/C9H13ClN2O3S2/c10-4-1-2-6-17(14,15)12-9-7(8(11)13)3-5-16-9/h3,5,12H,1-2,4,6H2,(H2,11,13). The van der Waals surface area contributed by atoms with Gasteiger partial charge in [-0.2, -0.15) is 0 Å². The first kappa shape index (κ1) is 14.3. The number of sulfonamides is 1. The number of alkyl halides is 1. The predicted octanol–water partition coefficient (Wildman–Crippen LogP) is 1.61. The molecule has 1 rings (SSSR count). The number of primary amides is 1. The number of hydrogen-bond donors (Lipinski definition) is 2. The summed E-state index contributed by atoms with van der Waals surface area (Å²) in [6, 6.07) is 1.49.